The fraction of sp³-hybridized carbons (Fsp3) is 0.231. The van der Waals surface area contributed by atoms with E-state index in [9.17, 15) is 9.59 Å². The van der Waals surface area contributed by atoms with Crippen LogP contribution < -0.4 is 0 Å². The maximum absolute atomic E-state index is 11.5. The molecule has 1 rings (SSSR count). The number of rotatable bonds is 6. The molecule has 0 aromatic heterocycles. The first-order chi connectivity index (χ1) is 7.24. The van der Waals surface area contributed by atoms with Gasteiger partial charge >= 0.3 is 0 Å². The van der Waals surface area contributed by atoms with E-state index in [0.717, 1.165) is 5.57 Å². The van der Waals surface area contributed by atoms with E-state index in [1.165, 1.54) is 12.2 Å². The van der Waals surface area contributed by atoms with Crippen molar-refractivity contribution in [1.29, 1.82) is 0 Å². The van der Waals surface area contributed by atoms with E-state index in [0.29, 0.717) is 6.42 Å². The van der Waals surface area contributed by atoms with Crippen molar-refractivity contribution < 1.29 is 42.3 Å². The first-order valence-corrected chi connectivity index (χ1v) is 4.79. The van der Waals surface area contributed by atoms with Crippen molar-refractivity contribution in [2.45, 2.75) is 19.3 Å². The molecular weight excluding hydrogens is 277 g/mol. The number of ketones is 2. The predicted molar refractivity (Wildman–Crippen MR) is 57.8 cm³/mol. The van der Waals surface area contributed by atoms with E-state index in [1.807, 2.05) is 12.2 Å². The van der Waals surface area contributed by atoms with Crippen LogP contribution in [0.2, 0.25) is 0 Å². The maximum Gasteiger partial charge on any atom is 0.159 e. The Morgan fingerprint density at radius 2 is 2.19 bits per heavy atom. The first-order valence-electron chi connectivity index (χ1n) is 4.79. The molecule has 0 heterocycles. The summed E-state index contributed by atoms with van der Waals surface area (Å²) in [5, 5.41) is 0. The van der Waals surface area contributed by atoms with Gasteiger partial charge in [0.05, 0.1) is 0 Å². The van der Waals surface area contributed by atoms with Crippen molar-refractivity contribution in [3.63, 3.8) is 0 Å². The van der Waals surface area contributed by atoms with Gasteiger partial charge in [-0.15, -0.1) is 0 Å². The first kappa shape index (κ1) is 15.4. The Labute approximate surface area is 121 Å². The van der Waals surface area contributed by atoms with E-state index in [-0.39, 0.29) is 57.1 Å². The zero-order chi connectivity index (χ0) is 11.1. The summed E-state index contributed by atoms with van der Waals surface area (Å²) in [5.74, 6) is -0.163. The van der Waals surface area contributed by atoms with Gasteiger partial charge in [-0.1, -0.05) is 18.2 Å². The Kier molecular flexibility index (Phi) is 8.23. The van der Waals surface area contributed by atoms with Gasteiger partial charge in [-0.25, -0.2) is 0 Å². The van der Waals surface area contributed by atoms with Gasteiger partial charge in [-0.2, -0.15) is 0 Å². The molecular formula is C13H12O2Y-2. The standard InChI is InChI=1S/C13H12O2.Y/c1-2-3-8-12(14)9-10-13(15)11-6-4-5-7-11;/h1-6H,7,9-10H2;/q-2;. The largest absolute Gasteiger partial charge is 0.394 e. The van der Waals surface area contributed by atoms with Gasteiger partial charge in [0, 0.05) is 44.9 Å². The topological polar surface area (TPSA) is 34.1 Å². The zero-order valence-corrected chi connectivity index (χ0v) is 11.8. The van der Waals surface area contributed by atoms with Crippen LogP contribution in [-0.2, 0) is 42.3 Å². The summed E-state index contributed by atoms with van der Waals surface area (Å²) in [6.07, 6.45) is 11.7. The molecule has 3 heteroatoms. The number of carbonyl (C=O) groups is 2. The third kappa shape index (κ3) is 5.48. The normalized spacial score (nSPS) is 13.4. The Morgan fingerprint density at radius 3 is 2.75 bits per heavy atom. The maximum atomic E-state index is 11.5. The minimum atomic E-state index is -0.198. The predicted octanol–water partition coefficient (Wildman–Crippen LogP) is 2.14. The van der Waals surface area contributed by atoms with Gasteiger partial charge in [-0.3, -0.25) is 4.79 Å². The molecule has 16 heavy (non-hydrogen) atoms. The van der Waals surface area contributed by atoms with Crippen LogP contribution in [0.3, 0.4) is 0 Å². The molecule has 0 saturated heterocycles. The fourth-order valence-corrected chi connectivity index (χ4v) is 1.25. The van der Waals surface area contributed by atoms with Crippen molar-refractivity contribution >= 4 is 11.6 Å². The number of allylic oxidation sites excluding steroid dienone is 7. The molecule has 0 atom stereocenters. The summed E-state index contributed by atoms with van der Waals surface area (Å²) >= 11 is 0. The van der Waals surface area contributed by atoms with Crippen LogP contribution in [0.15, 0.2) is 36.0 Å². The molecule has 1 aliphatic rings. The summed E-state index contributed by atoms with van der Waals surface area (Å²) < 4.78 is 0. The molecule has 0 amide bonds. The Hall–Kier alpha value is -0.596. The Morgan fingerprint density at radius 1 is 1.44 bits per heavy atom. The van der Waals surface area contributed by atoms with E-state index in [2.05, 4.69) is 6.08 Å². The van der Waals surface area contributed by atoms with E-state index in [4.69, 9.17) is 6.58 Å². The number of Topliss-reactive ketones (excluding diaryl/α,β-unsaturated/α-hetero) is 2. The van der Waals surface area contributed by atoms with E-state index < -0.39 is 0 Å². The fourth-order valence-electron chi connectivity index (χ4n) is 1.25. The minimum absolute atomic E-state index is 0. The molecule has 0 aromatic carbocycles. The molecule has 0 fully saturated rings. The van der Waals surface area contributed by atoms with Gasteiger partial charge in [0.2, 0.25) is 0 Å². The van der Waals surface area contributed by atoms with Crippen LogP contribution in [0.25, 0.3) is 0 Å². The summed E-state index contributed by atoms with van der Waals surface area (Å²) in [4.78, 5) is 22.6. The second-order valence-corrected chi connectivity index (χ2v) is 3.17. The molecule has 2 nitrogen and oxygen atoms in total. The van der Waals surface area contributed by atoms with Gasteiger partial charge < -0.3 is 29.6 Å². The zero-order valence-electron chi connectivity index (χ0n) is 8.98. The molecule has 81 valence electrons. The van der Waals surface area contributed by atoms with Crippen molar-refractivity contribution in [3.8, 4) is 0 Å². The van der Waals surface area contributed by atoms with Crippen LogP contribution in [0.1, 0.15) is 19.3 Å². The monoisotopic (exact) mass is 289 g/mol. The molecule has 0 aromatic rings. The molecule has 0 spiro atoms. The van der Waals surface area contributed by atoms with Crippen molar-refractivity contribution in [2.24, 2.45) is 0 Å². The van der Waals surface area contributed by atoms with Crippen LogP contribution in [0.4, 0.5) is 0 Å². The van der Waals surface area contributed by atoms with Gasteiger partial charge in [-0.05, 0) is 18.4 Å². The Balaban J connectivity index is 0.00000225. The number of hydrogen-bond donors (Lipinski definition) is 0. The average Bonchev–Trinajstić information content (AvgIpc) is 2.76. The SMILES string of the molecule is [CH-]=CC=[C-]C(=O)CCC(=O)C1=CC=CC1.[Y]. The molecule has 0 saturated carbocycles. The summed E-state index contributed by atoms with van der Waals surface area (Å²) in [7, 11) is 0. The molecule has 0 N–H and O–H groups in total. The molecule has 1 radical (unpaired) electrons. The van der Waals surface area contributed by atoms with Gasteiger partial charge in [0.25, 0.3) is 0 Å². The van der Waals surface area contributed by atoms with Crippen LogP contribution >= 0.6 is 0 Å². The summed E-state index contributed by atoms with van der Waals surface area (Å²) in [5.41, 5.74) is 0.775. The third-order valence-electron chi connectivity index (χ3n) is 2.05. The van der Waals surface area contributed by atoms with Crippen LogP contribution in [0, 0.1) is 12.7 Å². The molecule has 0 unspecified atom stereocenters. The number of carbonyl (C=O) groups excluding carboxylic acids is 2. The Bertz CT molecular complexity index is 362. The van der Waals surface area contributed by atoms with Gasteiger partial charge in [0.15, 0.2) is 5.78 Å². The van der Waals surface area contributed by atoms with Crippen molar-refractivity contribution in [2.75, 3.05) is 0 Å². The van der Waals surface area contributed by atoms with E-state index >= 15 is 0 Å². The third-order valence-corrected chi connectivity index (χ3v) is 2.05. The van der Waals surface area contributed by atoms with Crippen LogP contribution in [-0.4, -0.2) is 11.6 Å². The summed E-state index contributed by atoms with van der Waals surface area (Å²) in [6, 6.07) is 0. The van der Waals surface area contributed by atoms with E-state index in [1.54, 1.807) is 6.08 Å². The second kappa shape index (κ2) is 8.54. The average molecular weight is 289 g/mol. The molecule has 1 aliphatic carbocycles. The number of hydrogen-bond acceptors (Lipinski definition) is 2. The molecule has 0 aliphatic heterocycles. The minimum Gasteiger partial charge on any atom is -0.394 e. The second-order valence-electron chi connectivity index (χ2n) is 3.17. The van der Waals surface area contributed by atoms with Gasteiger partial charge in [0.1, 0.15) is 0 Å². The van der Waals surface area contributed by atoms with Crippen LogP contribution in [0.5, 0.6) is 0 Å². The summed E-state index contributed by atoms with van der Waals surface area (Å²) in [6.45, 7) is 5.05. The molecule has 0 bridgehead atoms. The quantitative estimate of drug-likeness (QED) is 0.426. The van der Waals surface area contributed by atoms with Crippen molar-refractivity contribution in [3.05, 3.63) is 48.6 Å². The van der Waals surface area contributed by atoms with Crippen molar-refractivity contribution in [1.82, 2.24) is 0 Å². The smallest absolute Gasteiger partial charge is 0.159 e.